The van der Waals surface area contributed by atoms with Crippen LogP contribution in [0.2, 0.25) is 36.3 Å². The smallest absolute Gasteiger partial charge is 0.380 e. The van der Waals surface area contributed by atoms with E-state index in [1.807, 2.05) is 75.4 Å². The molecule has 5 rings (SSSR count). The van der Waals surface area contributed by atoms with Gasteiger partial charge in [0.2, 0.25) is 5.79 Å². The van der Waals surface area contributed by atoms with Gasteiger partial charge in [-0.05, 0) is 111 Å². The molecule has 0 aliphatic carbocycles. The molecule has 2 aromatic rings. The average molecular weight is 1130 g/mol. The second-order valence-electron chi connectivity index (χ2n) is 25.2. The molecule has 0 aromatic heterocycles. The number of hydrogen-bond acceptors (Lipinski definition) is 13. The predicted octanol–water partition coefficient (Wildman–Crippen LogP) is 13.6. The zero-order chi connectivity index (χ0) is 56.1. The van der Waals surface area contributed by atoms with Crippen molar-refractivity contribution in [2.24, 2.45) is 5.41 Å². The van der Waals surface area contributed by atoms with Gasteiger partial charge >= 0.3 is 5.91 Å². The SMILES string of the molecule is C=C1C[C@@H](C[C@H]2C[C@@H](O[Si](C)(C)C(C)(C)C)C[C@@H](C[C@H](CCOB(P)S)OCc3ccc(OC)cc3)O2)O[C@@H](/C=C/C(C)(C)[C@]2(OC)O[C@H](C[C@@H](O[Si](C)(C)C(C)(C)C)[C@@H](C)OCOCc3ccccc3)CCC2=O)C1. The molecule has 0 N–H and O–H groups in total. The topological polar surface area (TPSA) is 119 Å². The van der Waals surface area contributed by atoms with Gasteiger partial charge in [-0.3, -0.25) is 4.79 Å². The van der Waals surface area contributed by atoms with E-state index in [-0.39, 0.29) is 83.5 Å². The van der Waals surface area contributed by atoms with Crippen molar-refractivity contribution < 1.29 is 56.2 Å². The minimum absolute atomic E-state index is 0.0291. The standard InChI is InChI=1S/C59H98BO12PSSi2/c1-42-32-48(28-30-58(9,10)59(63-12)55(61)27-26-49(70-59)38-54(72-76(15,16)57(6,7)8)43(2)66-41-64-39-44-20-18-17-19-21-44)68-50(33-42)35-52-37-53(71-75(13,14)56(3,4)5)36-51(69-52)34-47(29-31-67-60(73)74)65-40-45-22-24-46(62-11)25-23-45/h17-25,28,30,43,47-54,74H,1,26-27,29,31-41,73H2,2-16H3/b30-28+/t43-,47+,48+,49+,50+,51-,52+,53+,54-,59-/m1/s1. The Labute approximate surface area is 469 Å². The second-order valence-corrected chi connectivity index (χ2v) is 36.4. The van der Waals surface area contributed by atoms with Crippen LogP contribution < -0.4 is 4.74 Å². The fourth-order valence-corrected chi connectivity index (χ4v) is 13.0. The van der Waals surface area contributed by atoms with Crippen molar-refractivity contribution in [2.75, 3.05) is 27.6 Å². The first kappa shape index (κ1) is 65.1. The van der Waals surface area contributed by atoms with Crippen molar-refractivity contribution >= 4 is 49.9 Å². The zero-order valence-corrected chi connectivity index (χ0v) is 53.2. The Balaban J connectivity index is 1.29. The van der Waals surface area contributed by atoms with Crippen LogP contribution in [0.15, 0.2) is 78.9 Å². The molecular weight excluding hydrogens is 1030 g/mol. The molecule has 17 heteroatoms. The van der Waals surface area contributed by atoms with Gasteiger partial charge in [-0.25, -0.2) is 0 Å². The number of Topliss-reactive ketones (excluding diaryl/α,β-unsaturated/α-hetero) is 1. The van der Waals surface area contributed by atoms with Crippen LogP contribution in [0.25, 0.3) is 0 Å². The third-order valence-electron chi connectivity index (χ3n) is 16.6. The number of ether oxygens (including phenoxy) is 8. The molecule has 3 fully saturated rings. The van der Waals surface area contributed by atoms with Gasteiger partial charge in [0.15, 0.2) is 22.4 Å². The molecule has 0 amide bonds. The van der Waals surface area contributed by atoms with E-state index < -0.39 is 27.8 Å². The van der Waals surface area contributed by atoms with E-state index in [1.54, 1.807) is 14.2 Å². The van der Waals surface area contributed by atoms with Crippen LogP contribution in [0.4, 0.5) is 0 Å². The zero-order valence-electron chi connectivity index (χ0n) is 49.2. The van der Waals surface area contributed by atoms with Crippen LogP contribution in [0, 0.1) is 5.41 Å². The normalized spacial score (nSPS) is 25.6. The Kier molecular flexibility index (Phi) is 24.7. The number of carbonyl (C=O) groups excluding carboxylic acids is 1. The summed E-state index contributed by atoms with van der Waals surface area (Å²) in [6.45, 7) is 34.9. The van der Waals surface area contributed by atoms with Gasteiger partial charge in [-0.15, -0.1) is 9.12 Å². The molecule has 3 aliphatic rings. The molecule has 0 radical (unpaired) electrons. The van der Waals surface area contributed by atoms with Gasteiger partial charge in [0.05, 0.1) is 69.2 Å². The lowest BCUT2D eigenvalue weighted by atomic mass is 9.76. The number of benzene rings is 2. The van der Waals surface area contributed by atoms with Gasteiger partial charge in [0, 0.05) is 44.5 Å². The number of ketones is 1. The van der Waals surface area contributed by atoms with E-state index >= 15 is 0 Å². The highest BCUT2D eigenvalue weighted by atomic mass is 32.1. The third-order valence-corrected chi connectivity index (χ3v) is 25.9. The maximum atomic E-state index is 14.2. The Hall–Kier alpha value is -1.73. The second kappa shape index (κ2) is 28.8. The Morgan fingerprint density at radius 3 is 2.13 bits per heavy atom. The van der Waals surface area contributed by atoms with Crippen LogP contribution >= 0.6 is 21.6 Å². The lowest BCUT2D eigenvalue weighted by Crippen LogP contribution is -2.59. The summed E-state index contributed by atoms with van der Waals surface area (Å²) in [4.78, 5) is 14.2. The van der Waals surface area contributed by atoms with Crippen LogP contribution in [-0.4, -0.2) is 117 Å². The van der Waals surface area contributed by atoms with E-state index in [4.69, 9.17) is 51.4 Å². The van der Waals surface area contributed by atoms with Crippen molar-refractivity contribution in [1.29, 1.82) is 0 Å². The quantitative estimate of drug-likeness (QED) is 0.0218. The van der Waals surface area contributed by atoms with Gasteiger partial charge in [-0.1, -0.05) is 122 Å². The third kappa shape index (κ3) is 19.2. The molecular formula is C59H98BO12PSSi2. The molecule has 0 saturated carbocycles. The number of carbonyl (C=O) groups is 1. The summed E-state index contributed by atoms with van der Waals surface area (Å²) in [7, 11) is 1.46. The first-order valence-electron chi connectivity index (χ1n) is 27.9. The number of thiol groups is 1. The molecule has 2 aromatic carbocycles. The van der Waals surface area contributed by atoms with E-state index in [0.717, 1.165) is 41.7 Å². The maximum absolute atomic E-state index is 14.2. The number of methoxy groups -OCH3 is 2. The fourth-order valence-electron chi connectivity index (χ4n) is 9.98. The first-order valence-corrected chi connectivity index (χ1v) is 34.9. The van der Waals surface area contributed by atoms with Crippen molar-refractivity contribution in [2.45, 2.75) is 237 Å². The van der Waals surface area contributed by atoms with Crippen molar-refractivity contribution in [1.82, 2.24) is 0 Å². The largest absolute Gasteiger partial charge is 0.497 e. The van der Waals surface area contributed by atoms with Crippen molar-refractivity contribution in [3.8, 4) is 5.75 Å². The first-order chi connectivity index (χ1) is 35.5. The molecule has 76 heavy (non-hydrogen) atoms. The summed E-state index contributed by atoms with van der Waals surface area (Å²) in [6, 6.07) is 18.1. The lowest BCUT2D eigenvalue weighted by molar-refractivity contribution is -0.285. The number of rotatable bonds is 28. The Morgan fingerprint density at radius 2 is 1.50 bits per heavy atom. The van der Waals surface area contributed by atoms with Crippen molar-refractivity contribution in [3.05, 3.63) is 90.0 Å². The van der Waals surface area contributed by atoms with Crippen LogP contribution in [0.1, 0.15) is 138 Å². The van der Waals surface area contributed by atoms with E-state index in [1.165, 1.54) is 0 Å². The van der Waals surface area contributed by atoms with E-state index in [0.29, 0.717) is 64.8 Å². The Bertz CT molecular complexity index is 2120. The van der Waals surface area contributed by atoms with Gasteiger partial charge in [0.25, 0.3) is 0 Å². The van der Waals surface area contributed by atoms with Gasteiger partial charge < -0.3 is 51.4 Å². The van der Waals surface area contributed by atoms with Gasteiger partial charge in [-0.2, -0.15) is 12.5 Å². The van der Waals surface area contributed by atoms with Gasteiger partial charge in [0.1, 0.15) is 12.5 Å². The summed E-state index contributed by atoms with van der Waals surface area (Å²) >= 11 is 4.43. The van der Waals surface area contributed by atoms with Crippen LogP contribution in [0.5, 0.6) is 5.75 Å². The van der Waals surface area contributed by atoms with Crippen molar-refractivity contribution in [3.63, 3.8) is 0 Å². The minimum atomic E-state index is -2.26. The molecule has 0 spiro atoms. The lowest BCUT2D eigenvalue weighted by Gasteiger charge is -2.48. The summed E-state index contributed by atoms with van der Waals surface area (Å²) in [6.07, 6.45) is 9.02. The summed E-state index contributed by atoms with van der Waals surface area (Å²) in [5.74, 6) is -1.05. The highest BCUT2D eigenvalue weighted by Gasteiger charge is 2.56. The summed E-state index contributed by atoms with van der Waals surface area (Å²) in [5, 5.41) is 0.0265. The van der Waals surface area contributed by atoms with E-state index in [2.05, 4.69) is 108 Å². The highest BCUT2D eigenvalue weighted by Crippen LogP contribution is 2.46. The van der Waals surface area contributed by atoms with Crippen LogP contribution in [-0.2, 0) is 64.7 Å². The molecule has 0 bridgehead atoms. The Morgan fingerprint density at radius 1 is 0.842 bits per heavy atom. The van der Waals surface area contributed by atoms with E-state index in [9.17, 15) is 4.79 Å². The number of hydrogen-bond donors (Lipinski definition) is 1. The van der Waals surface area contributed by atoms with Crippen LogP contribution in [0.3, 0.4) is 0 Å². The monoisotopic (exact) mass is 1130 g/mol. The average Bonchev–Trinajstić information content (AvgIpc) is 3.33. The molecule has 428 valence electrons. The maximum Gasteiger partial charge on any atom is 0.380 e. The molecule has 3 heterocycles. The fraction of sp³-hybridized carbons (Fsp3) is 0.712. The molecule has 1 unspecified atom stereocenters. The molecule has 11 atom stereocenters. The molecule has 3 saturated heterocycles. The molecule has 3 aliphatic heterocycles. The predicted molar refractivity (Wildman–Crippen MR) is 318 cm³/mol. The summed E-state index contributed by atoms with van der Waals surface area (Å²) < 4.78 is 71.6. The minimum Gasteiger partial charge on any atom is -0.497 e. The highest BCUT2D eigenvalue weighted by molar-refractivity contribution is 8.23. The molecule has 12 nitrogen and oxygen atoms in total. The summed E-state index contributed by atoms with van der Waals surface area (Å²) in [5.41, 5.74) is 2.41.